The van der Waals surface area contributed by atoms with Crippen molar-refractivity contribution < 1.29 is 23.9 Å². The van der Waals surface area contributed by atoms with Gasteiger partial charge in [0.05, 0.1) is 6.61 Å². The summed E-state index contributed by atoms with van der Waals surface area (Å²) in [6.07, 6.45) is 1.35. The number of hydrogen-bond donors (Lipinski definition) is 0. The maximum Gasteiger partial charge on any atom is 0.417 e. The highest BCUT2D eigenvalue weighted by Gasteiger charge is 2.43. The van der Waals surface area contributed by atoms with Crippen LogP contribution in [0.2, 0.25) is 0 Å². The number of esters is 1. The van der Waals surface area contributed by atoms with E-state index in [9.17, 15) is 14.4 Å². The SMILES string of the molecule is CCCCOC(=O)C1CCC(=O)N1C(=O)OC(C)(C)C. The molecule has 0 bridgehead atoms. The summed E-state index contributed by atoms with van der Waals surface area (Å²) in [6.45, 7) is 7.42. The molecule has 1 aliphatic rings. The van der Waals surface area contributed by atoms with Gasteiger partial charge in [-0.05, 0) is 33.6 Å². The fraction of sp³-hybridized carbons (Fsp3) is 0.786. The Kier molecular flexibility index (Phi) is 5.53. The van der Waals surface area contributed by atoms with E-state index in [1.807, 2.05) is 6.92 Å². The van der Waals surface area contributed by atoms with Gasteiger partial charge in [-0.1, -0.05) is 13.3 Å². The van der Waals surface area contributed by atoms with Crippen molar-refractivity contribution in [1.82, 2.24) is 4.90 Å². The summed E-state index contributed by atoms with van der Waals surface area (Å²) in [7, 11) is 0. The van der Waals surface area contributed by atoms with Crippen molar-refractivity contribution in [3.05, 3.63) is 0 Å². The Labute approximate surface area is 119 Å². The van der Waals surface area contributed by atoms with Crippen LogP contribution in [0.3, 0.4) is 0 Å². The molecule has 0 aromatic rings. The van der Waals surface area contributed by atoms with Crippen molar-refractivity contribution in [1.29, 1.82) is 0 Å². The van der Waals surface area contributed by atoms with Crippen LogP contribution in [0.5, 0.6) is 0 Å². The largest absolute Gasteiger partial charge is 0.464 e. The molecule has 1 fully saturated rings. The molecule has 6 nitrogen and oxygen atoms in total. The second-order valence-electron chi connectivity index (χ2n) is 5.82. The van der Waals surface area contributed by atoms with Crippen molar-refractivity contribution in [2.45, 2.75) is 65.0 Å². The van der Waals surface area contributed by atoms with Gasteiger partial charge >= 0.3 is 12.1 Å². The van der Waals surface area contributed by atoms with Gasteiger partial charge in [0.25, 0.3) is 0 Å². The van der Waals surface area contributed by atoms with Crippen molar-refractivity contribution in [2.24, 2.45) is 0 Å². The summed E-state index contributed by atoms with van der Waals surface area (Å²) in [5.41, 5.74) is -0.712. The molecule has 0 spiro atoms. The Bertz CT molecular complexity index is 386. The molecule has 0 radical (unpaired) electrons. The van der Waals surface area contributed by atoms with E-state index >= 15 is 0 Å². The van der Waals surface area contributed by atoms with E-state index in [1.54, 1.807) is 20.8 Å². The van der Waals surface area contributed by atoms with Gasteiger partial charge in [-0.3, -0.25) is 4.79 Å². The van der Waals surface area contributed by atoms with Gasteiger partial charge in [0.2, 0.25) is 5.91 Å². The van der Waals surface area contributed by atoms with E-state index < -0.39 is 29.6 Å². The number of rotatable bonds is 4. The number of ether oxygens (including phenoxy) is 2. The summed E-state index contributed by atoms with van der Waals surface area (Å²) in [6, 6.07) is -0.853. The normalized spacial score (nSPS) is 19.1. The summed E-state index contributed by atoms with van der Waals surface area (Å²) >= 11 is 0. The van der Waals surface area contributed by atoms with E-state index in [-0.39, 0.29) is 6.42 Å². The quantitative estimate of drug-likeness (QED) is 0.585. The number of imide groups is 1. The average Bonchev–Trinajstić information content (AvgIpc) is 2.69. The monoisotopic (exact) mass is 285 g/mol. The molecule has 0 N–H and O–H groups in total. The first kappa shape index (κ1) is 16.5. The minimum absolute atomic E-state index is 0.160. The molecule has 0 aliphatic carbocycles. The third kappa shape index (κ3) is 4.51. The lowest BCUT2D eigenvalue weighted by Gasteiger charge is -2.26. The highest BCUT2D eigenvalue weighted by Crippen LogP contribution is 2.23. The van der Waals surface area contributed by atoms with E-state index in [1.165, 1.54) is 0 Å². The molecule has 114 valence electrons. The molecule has 1 rings (SSSR count). The van der Waals surface area contributed by atoms with E-state index in [0.29, 0.717) is 13.0 Å². The van der Waals surface area contributed by atoms with Crippen LogP contribution < -0.4 is 0 Å². The molecule has 6 heteroatoms. The van der Waals surface area contributed by atoms with Crippen LogP contribution >= 0.6 is 0 Å². The summed E-state index contributed by atoms with van der Waals surface area (Å²) < 4.78 is 10.2. The van der Waals surface area contributed by atoms with Crippen LogP contribution in [0.1, 0.15) is 53.4 Å². The molecule has 0 aromatic heterocycles. The number of nitrogens with zero attached hydrogens (tertiary/aromatic N) is 1. The van der Waals surface area contributed by atoms with Crippen molar-refractivity contribution >= 4 is 18.0 Å². The number of amides is 2. The zero-order valence-electron chi connectivity index (χ0n) is 12.6. The predicted octanol–water partition coefficient (Wildman–Crippen LogP) is 2.26. The maximum absolute atomic E-state index is 12.0. The number of unbranched alkanes of at least 4 members (excludes halogenated alkanes) is 1. The first-order valence-corrected chi connectivity index (χ1v) is 6.98. The maximum atomic E-state index is 12.0. The molecule has 1 heterocycles. The molecule has 1 aliphatic heterocycles. The molecule has 0 saturated carbocycles. The van der Waals surface area contributed by atoms with Crippen molar-refractivity contribution in [3.63, 3.8) is 0 Å². The lowest BCUT2D eigenvalue weighted by molar-refractivity contribution is -0.151. The smallest absolute Gasteiger partial charge is 0.417 e. The second kappa shape index (κ2) is 6.72. The summed E-state index contributed by atoms with van der Waals surface area (Å²) in [5, 5.41) is 0. The van der Waals surface area contributed by atoms with Gasteiger partial charge in [0.1, 0.15) is 11.6 Å². The number of likely N-dealkylation sites (tertiary alicyclic amines) is 1. The topological polar surface area (TPSA) is 72.9 Å². The number of carbonyl (C=O) groups excluding carboxylic acids is 3. The third-order valence-corrected chi connectivity index (χ3v) is 2.82. The Hall–Kier alpha value is -1.59. The van der Waals surface area contributed by atoms with Crippen LogP contribution in [0.4, 0.5) is 4.79 Å². The Morgan fingerprint density at radius 1 is 1.35 bits per heavy atom. The highest BCUT2D eigenvalue weighted by atomic mass is 16.6. The molecule has 1 atom stereocenters. The van der Waals surface area contributed by atoms with E-state index in [2.05, 4.69) is 0 Å². The van der Waals surface area contributed by atoms with Crippen LogP contribution in [-0.2, 0) is 19.1 Å². The standard InChI is InChI=1S/C14H23NO5/c1-5-6-9-19-12(17)10-7-8-11(16)15(10)13(18)20-14(2,3)4/h10H,5-9H2,1-4H3. The van der Waals surface area contributed by atoms with Gasteiger partial charge < -0.3 is 9.47 Å². The summed E-state index contributed by atoms with van der Waals surface area (Å²) in [5.74, 6) is -0.924. The van der Waals surface area contributed by atoms with Crippen molar-refractivity contribution in [2.75, 3.05) is 6.61 Å². The second-order valence-corrected chi connectivity index (χ2v) is 5.82. The van der Waals surface area contributed by atoms with Gasteiger partial charge in [-0.2, -0.15) is 0 Å². The van der Waals surface area contributed by atoms with Crippen molar-refractivity contribution in [3.8, 4) is 0 Å². The minimum atomic E-state index is -0.853. The first-order chi connectivity index (χ1) is 9.26. The zero-order valence-corrected chi connectivity index (χ0v) is 12.6. The molecule has 20 heavy (non-hydrogen) atoms. The van der Waals surface area contributed by atoms with Gasteiger partial charge in [-0.25, -0.2) is 14.5 Å². The lowest BCUT2D eigenvalue weighted by Crippen LogP contribution is -2.46. The molecule has 0 aromatic carbocycles. The fourth-order valence-electron chi connectivity index (χ4n) is 1.86. The summed E-state index contributed by atoms with van der Waals surface area (Å²) in [4.78, 5) is 36.6. The predicted molar refractivity (Wildman–Crippen MR) is 72.0 cm³/mol. The fourth-order valence-corrected chi connectivity index (χ4v) is 1.86. The molecular formula is C14H23NO5. The first-order valence-electron chi connectivity index (χ1n) is 6.98. The van der Waals surface area contributed by atoms with Crippen LogP contribution in [-0.4, -0.2) is 41.1 Å². The van der Waals surface area contributed by atoms with E-state index in [0.717, 1.165) is 17.7 Å². The van der Waals surface area contributed by atoms with Gasteiger partial charge in [0, 0.05) is 6.42 Å². The Morgan fingerprint density at radius 2 is 2.00 bits per heavy atom. The zero-order chi connectivity index (χ0) is 15.3. The van der Waals surface area contributed by atoms with E-state index in [4.69, 9.17) is 9.47 Å². The highest BCUT2D eigenvalue weighted by molar-refractivity contribution is 5.99. The minimum Gasteiger partial charge on any atom is -0.464 e. The lowest BCUT2D eigenvalue weighted by atomic mass is 10.2. The van der Waals surface area contributed by atoms with Crippen LogP contribution in [0.15, 0.2) is 0 Å². The van der Waals surface area contributed by atoms with Gasteiger partial charge in [0.15, 0.2) is 0 Å². The molecule has 1 saturated heterocycles. The van der Waals surface area contributed by atoms with Gasteiger partial charge in [-0.15, -0.1) is 0 Å². The molecule has 2 amide bonds. The number of carbonyl (C=O) groups is 3. The average molecular weight is 285 g/mol. The molecule has 1 unspecified atom stereocenters. The Balaban J connectivity index is 2.68. The van der Waals surface area contributed by atoms with Crippen LogP contribution in [0.25, 0.3) is 0 Å². The third-order valence-electron chi connectivity index (χ3n) is 2.82. The number of hydrogen-bond acceptors (Lipinski definition) is 5. The molecular weight excluding hydrogens is 262 g/mol. The van der Waals surface area contributed by atoms with Crippen LogP contribution in [0, 0.1) is 0 Å². The Morgan fingerprint density at radius 3 is 2.55 bits per heavy atom.